The topological polar surface area (TPSA) is 38.1 Å². The quantitative estimate of drug-likeness (QED) is 0.696. The molecule has 1 saturated heterocycles. The fourth-order valence-electron chi connectivity index (χ4n) is 3.40. The number of imidazole rings is 1. The molecule has 0 saturated carbocycles. The fraction of sp³-hybridized carbons (Fsp3) is 0.200. The monoisotopic (exact) mass is 315 g/mol. The van der Waals surface area contributed by atoms with Gasteiger partial charge >= 0.3 is 0 Å². The lowest BCUT2D eigenvalue weighted by atomic mass is 10.1. The van der Waals surface area contributed by atoms with Crippen molar-refractivity contribution < 1.29 is 4.79 Å². The van der Waals surface area contributed by atoms with Crippen LogP contribution in [0.25, 0.3) is 11.0 Å². The van der Waals surface area contributed by atoms with E-state index >= 15 is 0 Å². The summed E-state index contributed by atoms with van der Waals surface area (Å²) >= 11 is 0. The number of nitrogens with zero attached hydrogens (tertiary/aromatic N) is 3. The normalized spacial score (nSPS) is 17.4. The second-order valence-electron chi connectivity index (χ2n) is 5.99. The average molecular weight is 315 g/mol. The van der Waals surface area contributed by atoms with Gasteiger partial charge in [0.15, 0.2) is 0 Å². The number of hydrogen-bond donors (Lipinski definition) is 0. The lowest BCUT2D eigenvalue weighted by Crippen LogP contribution is -2.24. The molecule has 0 bridgehead atoms. The molecule has 4 heteroatoms. The molecule has 4 nitrogen and oxygen atoms in total. The van der Waals surface area contributed by atoms with Crippen LogP contribution in [0.2, 0.25) is 0 Å². The maximum absolute atomic E-state index is 12.5. The number of hydrogen-bond acceptors (Lipinski definition) is 2. The SMILES string of the molecule is C#CCn1c(C2CC(=O)N(c3ccccc3)C2)nc2ccccc21. The average Bonchev–Trinajstić information content (AvgIpc) is 3.17. The Hall–Kier alpha value is -3.06. The molecule has 0 spiro atoms. The Labute approximate surface area is 140 Å². The number of carbonyl (C=O) groups excluding carboxylic acids is 1. The molecule has 1 fully saturated rings. The predicted molar refractivity (Wildman–Crippen MR) is 94.7 cm³/mol. The van der Waals surface area contributed by atoms with Crippen LogP contribution in [0.15, 0.2) is 54.6 Å². The van der Waals surface area contributed by atoms with Crippen LogP contribution in [0, 0.1) is 12.3 Å². The number of rotatable bonds is 3. The van der Waals surface area contributed by atoms with Gasteiger partial charge in [-0.25, -0.2) is 4.98 Å². The summed E-state index contributed by atoms with van der Waals surface area (Å²) in [6.45, 7) is 1.10. The summed E-state index contributed by atoms with van der Waals surface area (Å²) in [5, 5.41) is 0. The molecule has 1 aliphatic rings. The Morgan fingerprint density at radius 1 is 1.12 bits per heavy atom. The lowest BCUT2D eigenvalue weighted by molar-refractivity contribution is -0.117. The van der Waals surface area contributed by atoms with Crippen molar-refractivity contribution in [1.82, 2.24) is 9.55 Å². The lowest BCUT2D eigenvalue weighted by Gasteiger charge is -2.16. The molecule has 2 aromatic carbocycles. The van der Waals surface area contributed by atoms with E-state index in [-0.39, 0.29) is 11.8 Å². The van der Waals surface area contributed by atoms with Crippen LogP contribution >= 0.6 is 0 Å². The Kier molecular flexibility index (Phi) is 3.55. The third kappa shape index (κ3) is 2.35. The van der Waals surface area contributed by atoms with Crippen LogP contribution in [0.5, 0.6) is 0 Å². The van der Waals surface area contributed by atoms with Gasteiger partial charge in [-0.15, -0.1) is 6.42 Å². The van der Waals surface area contributed by atoms with E-state index in [1.165, 1.54) is 0 Å². The first-order valence-electron chi connectivity index (χ1n) is 8.02. The highest BCUT2D eigenvalue weighted by atomic mass is 16.2. The number of aromatic nitrogens is 2. The molecule has 1 aliphatic heterocycles. The van der Waals surface area contributed by atoms with Crippen molar-refractivity contribution in [2.75, 3.05) is 11.4 Å². The summed E-state index contributed by atoms with van der Waals surface area (Å²) in [6.07, 6.45) is 6.01. The summed E-state index contributed by atoms with van der Waals surface area (Å²) in [5.41, 5.74) is 2.88. The molecule has 118 valence electrons. The zero-order valence-corrected chi connectivity index (χ0v) is 13.2. The predicted octanol–water partition coefficient (Wildman–Crippen LogP) is 3.19. The third-order valence-electron chi connectivity index (χ3n) is 4.49. The Balaban J connectivity index is 1.72. The summed E-state index contributed by atoms with van der Waals surface area (Å²) in [5.74, 6) is 3.79. The summed E-state index contributed by atoms with van der Waals surface area (Å²) in [7, 11) is 0. The minimum absolute atomic E-state index is 0.0541. The molecule has 3 aromatic rings. The second-order valence-corrected chi connectivity index (χ2v) is 5.99. The van der Waals surface area contributed by atoms with E-state index in [0.717, 1.165) is 22.5 Å². The molecule has 1 aromatic heterocycles. The van der Waals surface area contributed by atoms with Crippen LogP contribution in [0.4, 0.5) is 5.69 Å². The first kappa shape index (κ1) is 14.5. The number of amides is 1. The van der Waals surface area contributed by atoms with E-state index < -0.39 is 0 Å². The largest absolute Gasteiger partial charge is 0.316 e. The third-order valence-corrected chi connectivity index (χ3v) is 4.49. The maximum atomic E-state index is 12.5. The Bertz CT molecular complexity index is 936. The second kappa shape index (κ2) is 5.86. The van der Waals surface area contributed by atoms with Crippen molar-refractivity contribution in [2.24, 2.45) is 0 Å². The molecule has 0 aliphatic carbocycles. The number of fused-ring (bicyclic) bond motifs is 1. The van der Waals surface area contributed by atoms with Gasteiger partial charge in [0, 0.05) is 24.6 Å². The summed E-state index contributed by atoms with van der Waals surface area (Å²) < 4.78 is 2.06. The summed E-state index contributed by atoms with van der Waals surface area (Å²) in [4.78, 5) is 19.1. The first-order chi connectivity index (χ1) is 11.8. The molecule has 0 radical (unpaired) electrons. The molecule has 2 heterocycles. The standard InChI is InChI=1S/C20H17N3O/c1-2-12-22-18-11-7-6-10-17(18)21-20(22)15-13-19(24)23(14-15)16-8-4-3-5-9-16/h1,3-11,15H,12-14H2. The molecule has 1 unspecified atom stereocenters. The van der Waals surface area contributed by atoms with Crippen molar-refractivity contribution in [1.29, 1.82) is 0 Å². The van der Waals surface area contributed by atoms with Gasteiger partial charge in [-0.1, -0.05) is 36.3 Å². The minimum Gasteiger partial charge on any atom is -0.316 e. The van der Waals surface area contributed by atoms with Gasteiger partial charge in [-0.2, -0.15) is 0 Å². The number of benzene rings is 2. The molecule has 4 rings (SSSR count). The van der Waals surface area contributed by atoms with E-state index in [9.17, 15) is 4.79 Å². The van der Waals surface area contributed by atoms with Crippen LogP contribution in [-0.2, 0) is 11.3 Å². The molecule has 24 heavy (non-hydrogen) atoms. The van der Waals surface area contributed by atoms with Gasteiger partial charge in [-0.05, 0) is 24.3 Å². The fourth-order valence-corrected chi connectivity index (χ4v) is 3.40. The minimum atomic E-state index is 0.0541. The summed E-state index contributed by atoms with van der Waals surface area (Å²) in [6, 6.07) is 17.7. The van der Waals surface area contributed by atoms with Gasteiger partial charge in [0.05, 0.1) is 17.6 Å². The Morgan fingerprint density at radius 2 is 1.88 bits per heavy atom. The van der Waals surface area contributed by atoms with Gasteiger partial charge in [0.1, 0.15) is 5.82 Å². The molecular weight excluding hydrogens is 298 g/mol. The molecule has 1 amide bonds. The smallest absolute Gasteiger partial charge is 0.227 e. The zero-order valence-electron chi connectivity index (χ0n) is 13.2. The van der Waals surface area contributed by atoms with Crippen LogP contribution in [0.1, 0.15) is 18.2 Å². The Morgan fingerprint density at radius 3 is 2.67 bits per heavy atom. The highest BCUT2D eigenvalue weighted by Crippen LogP contribution is 2.32. The van der Waals surface area contributed by atoms with Gasteiger partial charge in [-0.3, -0.25) is 4.79 Å². The van der Waals surface area contributed by atoms with E-state index in [2.05, 4.69) is 10.5 Å². The first-order valence-corrected chi connectivity index (χ1v) is 8.02. The van der Waals surface area contributed by atoms with Crippen molar-refractivity contribution in [3.8, 4) is 12.3 Å². The van der Waals surface area contributed by atoms with Crippen LogP contribution in [0.3, 0.4) is 0 Å². The van der Waals surface area contributed by atoms with Gasteiger partial charge in [0.25, 0.3) is 0 Å². The number of terminal acetylenes is 1. The number of anilines is 1. The highest BCUT2D eigenvalue weighted by Gasteiger charge is 2.34. The van der Waals surface area contributed by atoms with Crippen molar-refractivity contribution in [3.63, 3.8) is 0 Å². The van der Waals surface area contributed by atoms with E-state index in [1.54, 1.807) is 0 Å². The van der Waals surface area contributed by atoms with Gasteiger partial charge in [0.2, 0.25) is 5.91 Å². The van der Waals surface area contributed by atoms with Crippen LogP contribution < -0.4 is 4.90 Å². The molecule has 0 N–H and O–H groups in total. The van der Waals surface area contributed by atoms with Crippen molar-refractivity contribution in [3.05, 3.63) is 60.4 Å². The van der Waals surface area contributed by atoms with Crippen LogP contribution in [-0.4, -0.2) is 22.0 Å². The number of para-hydroxylation sites is 3. The van der Waals surface area contributed by atoms with Gasteiger partial charge < -0.3 is 9.47 Å². The zero-order chi connectivity index (χ0) is 16.5. The molecule has 1 atom stereocenters. The number of carbonyl (C=O) groups is 1. The maximum Gasteiger partial charge on any atom is 0.227 e. The van der Waals surface area contributed by atoms with E-state index in [4.69, 9.17) is 11.4 Å². The van der Waals surface area contributed by atoms with Crippen molar-refractivity contribution >= 4 is 22.6 Å². The van der Waals surface area contributed by atoms with E-state index in [1.807, 2.05) is 59.5 Å². The molecular formula is C20H17N3O. The highest BCUT2D eigenvalue weighted by molar-refractivity contribution is 5.96. The van der Waals surface area contributed by atoms with Crippen molar-refractivity contribution in [2.45, 2.75) is 18.9 Å². The van der Waals surface area contributed by atoms with E-state index in [0.29, 0.717) is 19.5 Å².